The summed E-state index contributed by atoms with van der Waals surface area (Å²) in [6.45, 7) is 5.65. The van der Waals surface area contributed by atoms with Crippen molar-refractivity contribution in [2.75, 3.05) is 19.7 Å². The van der Waals surface area contributed by atoms with E-state index in [1.165, 1.54) is 17.1 Å². The Bertz CT molecular complexity index is 1300. The van der Waals surface area contributed by atoms with E-state index in [2.05, 4.69) is 20.5 Å². The maximum atomic E-state index is 14.9. The van der Waals surface area contributed by atoms with Gasteiger partial charge in [0.1, 0.15) is 17.7 Å². The summed E-state index contributed by atoms with van der Waals surface area (Å²) in [5, 5.41) is 10.9. The number of nitrogens with zero attached hydrogens (tertiary/aromatic N) is 6. The molecule has 1 saturated heterocycles. The zero-order valence-corrected chi connectivity index (χ0v) is 19.0. The first-order valence-electron chi connectivity index (χ1n) is 11.3. The molecule has 0 saturated carbocycles. The standard InChI is InChI=1S/C24H25FN6O3/c1-15(2)13-33-24(32)30-9-7-16(8-10-30)23-27-21-11-17(3-6-22(21)34-23)19-5-4-18(12-20(19)25)31-14-26-28-29-31/h3-6,11-12,14-16H,7-10,13H2,1-2H3. The van der Waals surface area contributed by atoms with Crippen molar-refractivity contribution in [2.45, 2.75) is 32.6 Å². The van der Waals surface area contributed by atoms with Crippen molar-refractivity contribution in [3.63, 3.8) is 0 Å². The number of piperidine rings is 1. The minimum Gasteiger partial charge on any atom is -0.449 e. The van der Waals surface area contributed by atoms with E-state index in [-0.39, 0.29) is 17.8 Å². The van der Waals surface area contributed by atoms with Gasteiger partial charge < -0.3 is 14.1 Å². The van der Waals surface area contributed by atoms with Crippen LogP contribution in [0, 0.1) is 11.7 Å². The fraction of sp³-hybridized carbons (Fsp3) is 0.375. The van der Waals surface area contributed by atoms with E-state index >= 15 is 0 Å². The molecule has 1 aliphatic heterocycles. The SMILES string of the molecule is CC(C)COC(=O)N1CCC(c2nc3cc(-c4ccc(-n5cnnn5)cc4F)ccc3o2)CC1. The van der Waals surface area contributed by atoms with Crippen molar-refractivity contribution in [2.24, 2.45) is 5.92 Å². The highest BCUT2D eigenvalue weighted by atomic mass is 19.1. The van der Waals surface area contributed by atoms with E-state index in [1.807, 2.05) is 32.0 Å². The molecule has 0 radical (unpaired) electrons. The molecule has 176 valence electrons. The maximum absolute atomic E-state index is 14.9. The van der Waals surface area contributed by atoms with E-state index in [9.17, 15) is 9.18 Å². The summed E-state index contributed by atoms with van der Waals surface area (Å²) in [4.78, 5) is 18.6. The highest BCUT2D eigenvalue weighted by Crippen LogP contribution is 2.33. The van der Waals surface area contributed by atoms with E-state index in [0.717, 1.165) is 12.8 Å². The Morgan fingerprint density at radius 1 is 1.21 bits per heavy atom. The number of aromatic nitrogens is 5. The highest BCUT2D eigenvalue weighted by Gasteiger charge is 2.28. The Kier molecular flexibility index (Phi) is 5.95. The molecule has 0 unspecified atom stereocenters. The smallest absolute Gasteiger partial charge is 0.409 e. The first kappa shape index (κ1) is 22.0. The average Bonchev–Trinajstić information content (AvgIpc) is 3.52. The Hall–Kier alpha value is -3.82. The van der Waals surface area contributed by atoms with Crippen LogP contribution in [0.2, 0.25) is 0 Å². The molecule has 5 rings (SSSR count). The summed E-state index contributed by atoms with van der Waals surface area (Å²) in [6, 6.07) is 10.3. The Morgan fingerprint density at radius 2 is 2.03 bits per heavy atom. The summed E-state index contributed by atoms with van der Waals surface area (Å²) >= 11 is 0. The number of hydrogen-bond acceptors (Lipinski definition) is 7. The largest absolute Gasteiger partial charge is 0.449 e. The number of amides is 1. The number of oxazole rings is 1. The van der Waals surface area contributed by atoms with Crippen molar-refractivity contribution >= 4 is 17.2 Å². The number of halogens is 1. The molecule has 1 amide bonds. The highest BCUT2D eigenvalue weighted by molar-refractivity contribution is 5.81. The number of carbonyl (C=O) groups is 1. The monoisotopic (exact) mass is 464 g/mol. The van der Waals surface area contributed by atoms with Gasteiger partial charge in [0.2, 0.25) is 0 Å². The van der Waals surface area contributed by atoms with Gasteiger partial charge in [0.25, 0.3) is 0 Å². The van der Waals surface area contributed by atoms with Gasteiger partial charge in [-0.2, -0.15) is 0 Å². The zero-order chi connectivity index (χ0) is 23.7. The van der Waals surface area contributed by atoms with Gasteiger partial charge in [-0.3, -0.25) is 0 Å². The van der Waals surface area contributed by atoms with Crippen LogP contribution in [0.3, 0.4) is 0 Å². The average molecular weight is 465 g/mol. The second-order valence-corrected chi connectivity index (χ2v) is 8.89. The van der Waals surface area contributed by atoms with Gasteiger partial charge in [0.05, 0.1) is 12.3 Å². The number of fused-ring (bicyclic) bond motifs is 1. The maximum Gasteiger partial charge on any atom is 0.409 e. The van der Waals surface area contributed by atoms with E-state index in [0.29, 0.717) is 59.4 Å². The first-order valence-corrected chi connectivity index (χ1v) is 11.3. The van der Waals surface area contributed by atoms with Crippen LogP contribution in [0.1, 0.15) is 38.5 Å². The molecule has 1 aliphatic rings. The van der Waals surface area contributed by atoms with Gasteiger partial charge in [0, 0.05) is 30.6 Å². The molecule has 2 aromatic heterocycles. The molecule has 0 N–H and O–H groups in total. The molecule has 3 heterocycles. The topological polar surface area (TPSA) is 99.2 Å². The number of likely N-dealkylation sites (tertiary alicyclic amines) is 1. The van der Waals surface area contributed by atoms with Crippen molar-refractivity contribution in [1.29, 1.82) is 0 Å². The minimum atomic E-state index is -0.382. The van der Waals surface area contributed by atoms with Crippen molar-refractivity contribution < 1.29 is 18.3 Å². The number of tetrazole rings is 1. The third-order valence-corrected chi connectivity index (χ3v) is 5.92. The molecule has 0 spiro atoms. The fourth-order valence-electron chi connectivity index (χ4n) is 4.09. The van der Waals surface area contributed by atoms with E-state index < -0.39 is 0 Å². The Balaban J connectivity index is 1.30. The van der Waals surface area contributed by atoms with E-state index in [4.69, 9.17) is 9.15 Å². The third kappa shape index (κ3) is 4.48. The van der Waals surface area contributed by atoms with Crippen molar-refractivity contribution in [3.8, 4) is 16.8 Å². The normalized spacial score (nSPS) is 14.8. The third-order valence-electron chi connectivity index (χ3n) is 5.92. The van der Waals surface area contributed by atoms with Gasteiger partial charge in [-0.05, 0) is 59.0 Å². The molecule has 0 atom stereocenters. The molecular formula is C24H25FN6O3. The quantitative estimate of drug-likeness (QED) is 0.426. The molecule has 34 heavy (non-hydrogen) atoms. The number of rotatable bonds is 5. The summed E-state index contributed by atoms with van der Waals surface area (Å²) in [6.07, 6.45) is 2.66. The van der Waals surface area contributed by atoms with Gasteiger partial charge in [-0.25, -0.2) is 18.9 Å². The zero-order valence-electron chi connectivity index (χ0n) is 19.0. The van der Waals surface area contributed by atoms with Crippen LogP contribution >= 0.6 is 0 Å². The van der Waals surface area contributed by atoms with Gasteiger partial charge in [-0.1, -0.05) is 19.9 Å². The van der Waals surface area contributed by atoms with Crippen LogP contribution < -0.4 is 0 Å². The predicted octanol–water partition coefficient (Wildman–Crippen LogP) is 4.58. The molecule has 0 bridgehead atoms. The lowest BCUT2D eigenvalue weighted by Crippen LogP contribution is -2.38. The lowest BCUT2D eigenvalue weighted by atomic mass is 9.97. The second kappa shape index (κ2) is 9.20. The molecular weight excluding hydrogens is 439 g/mol. The van der Waals surface area contributed by atoms with Crippen LogP contribution in [-0.2, 0) is 4.74 Å². The van der Waals surface area contributed by atoms with Crippen LogP contribution in [-0.4, -0.2) is 55.9 Å². The molecule has 4 aromatic rings. The Labute approximate surface area is 195 Å². The van der Waals surface area contributed by atoms with Crippen LogP contribution in [0.4, 0.5) is 9.18 Å². The minimum absolute atomic E-state index is 0.123. The van der Waals surface area contributed by atoms with Crippen LogP contribution in [0.25, 0.3) is 27.9 Å². The Morgan fingerprint density at radius 3 is 2.74 bits per heavy atom. The fourth-order valence-corrected chi connectivity index (χ4v) is 4.09. The molecule has 0 aliphatic carbocycles. The van der Waals surface area contributed by atoms with E-state index in [1.54, 1.807) is 17.0 Å². The molecule has 10 heteroatoms. The predicted molar refractivity (Wildman–Crippen MR) is 122 cm³/mol. The van der Waals surface area contributed by atoms with Crippen LogP contribution in [0.5, 0.6) is 0 Å². The van der Waals surface area contributed by atoms with Gasteiger partial charge in [-0.15, -0.1) is 5.10 Å². The number of hydrogen-bond donors (Lipinski definition) is 0. The second-order valence-electron chi connectivity index (χ2n) is 8.89. The van der Waals surface area contributed by atoms with Gasteiger partial charge >= 0.3 is 6.09 Å². The lowest BCUT2D eigenvalue weighted by Gasteiger charge is -2.30. The molecule has 2 aromatic carbocycles. The summed E-state index contributed by atoms with van der Waals surface area (Å²) in [7, 11) is 0. The number of ether oxygens (including phenoxy) is 1. The number of carbonyl (C=O) groups excluding carboxylic acids is 1. The van der Waals surface area contributed by atoms with Crippen molar-refractivity contribution in [1.82, 2.24) is 30.1 Å². The lowest BCUT2D eigenvalue weighted by molar-refractivity contribution is 0.0822. The van der Waals surface area contributed by atoms with Crippen molar-refractivity contribution in [3.05, 3.63) is 54.4 Å². The van der Waals surface area contributed by atoms with Crippen LogP contribution in [0.15, 0.2) is 47.1 Å². The molecule has 9 nitrogen and oxygen atoms in total. The summed E-state index contributed by atoms with van der Waals surface area (Å²) in [5.41, 5.74) is 3.03. The summed E-state index contributed by atoms with van der Waals surface area (Å²) in [5.74, 6) is 0.700. The number of benzene rings is 2. The van der Waals surface area contributed by atoms with Gasteiger partial charge in [0.15, 0.2) is 11.5 Å². The first-order chi connectivity index (χ1) is 16.5. The summed E-state index contributed by atoms with van der Waals surface area (Å²) < 4.78 is 27.6. The molecule has 1 fully saturated rings.